The van der Waals surface area contributed by atoms with Gasteiger partial charge in [0.1, 0.15) is 11.2 Å². The smallest absolute Gasteiger partial charge is 0.270 e. The van der Waals surface area contributed by atoms with Gasteiger partial charge in [-0.15, -0.1) is 11.3 Å². The molecule has 0 saturated carbocycles. The first-order chi connectivity index (χ1) is 12.6. The predicted octanol–water partition coefficient (Wildman–Crippen LogP) is 2.77. The number of amides is 1. The highest BCUT2D eigenvalue weighted by atomic mass is 32.1. The topological polar surface area (TPSA) is 89.2 Å². The minimum Gasteiger partial charge on any atom is -0.298 e. The van der Waals surface area contributed by atoms with Crippen molar-refractivity contribution in [3.8, 4) is 11.3 Å². The van der Waals surface area contributed by atoms with Crippen LogP contribution >= 0.6 is 11.3 Å². The zero-order chi connectivity index (χ0) is 18.1. The van der Waals surface area contributed by atoms with Gasteiger partial charge in [0, 0.05) is 35.7 Å². The first kappa shape index (κ1) is 16.1. The summed E-state index contributed by atoms with van der Waals surface area (Å²) >= 11 is 1.28. The minimum atomic E-state index is -0.537. The summed E-state index contributed by atoms with van der Waals surface area (Å²) in [6, 6.07) is 7.29. The number of rotatable bonds is 3. The van der Waals surface area contributed by atoms with E-state index in [-0.39, 0.29) is 5.56 Å². The number of aromatic nitrogens is 4. The molecule has 0 bridgehead atoms. The van der Waals surface area contributed by atoms with Gasteiger partial charge in [-0.25, -0.2) is 9.97 Å². The molecule has 0 spiro atoms. The zero-order valence-electron chi connectivity index (χ0n) is 13.7. The molecule has 0 aliphatic heterocycles. The Morgan fingerprint density at radius 1 is 1.23 bits per heavy atom. The molecule has 4 rings (SSSR count). The molecule has 0 fully saturated rings. The van der Waals surface area contributed by atoms with Crippen molar-refractivity contribution in [1.82, 2.24) is 19.4 Å². The summed E-state index contributed by atoms with van der Waals surface area (Å²) in [6.45, 7) is 1.87. The van der Waals surface area contributed by atoms with Gasteiger partial charge in [0.15, 0.2) is 5.13 Å². The molecule has 26 heavy (non-hydrogen) atoms. The summed E-state index contributed by atoms with van der Waals surface area (Å²) in [7, 11) is 0. The van der Waals surface area contributed by atoms with E-state index < -0.39 is 11.5 Å². The maximum Gasteiger partial charge on any atom is 0.270 e. The van der Waals surface area contributed by atoms with E-state index in [1.807, 2.05) is 30.5 Å². The third-order valence-electron chi connectivity index (χ3n) is 3.78. The van der Waals surface area contributed by atoms with Crippen LogP contribution in [0.25, 0.3) is 16.9 Å². The highest BCUT2D eigenvalue weighted by Crippen LogP contribution is 2.24. The van der Waals surface area contributed by atoms with E-state index in [2.05, 4.69) is 20.3 Å². The SMILES string of the molecule is Cc1ccc2ncc(C(=O)Nc3nc(-c4cccnc4)cs3)c(=O)n2c1. The number of nitrogens with zero attached hydrogens (tertiary/aromatic N) is 4. The molecule has 0 unspecified atom stereocenters. The van der Waals surface area contributed by atoms with Gasteiger partial charge in [0.05, 0.1) is 5.69 Å². The summed E-state index contributed by atoms with van der Waals surface area (Å²) < 4.78 is 1.37. The second kappa shape index (κ2) is 6.49. The average molecular weight is 363 g/mol. The fourth-order valence-corrected chi connectivity index (χ4v) is 3.20. The van der Waals surface area contributed by atoms with Crippen molar-refractivity contribution in [2.24, 2.45) is 0 Å². The molecule has 4 aromatic rings. The van der Waals surface area contributed by atoms with Gasteiger partial charge in [-0.05, 0) is 30.7 Å². The normalized spacial score (nSPS) is 10.8. The Balaban J connectivity index is 1.63. The number of fused-ring (bicyclic) bond motifs is 1. The standard InChI is InChI=1S/C18H13N5O2S/c1-11-4-5-15-20-8-13(17(25)23(15)9-11)16(24)22-18-21-14(10-26-18)12-3-2-6-19-7-12/h2-10H,1H3,(H,21,22,24). The molecule has 4 aromatic heterocycles. The number of carbonyl (C=O) groups excluding carboxylic acids is 1. The van der Waals surface area contributed by atoms with E-state index in [4.69, 9.17) is 0 Å². The fourth-order valence-electron chi connectivity index (χ4n) is 2.48. The van der Waals surface area contributed by atoms with Gasteiger partial charge in [0.25, 0.3) is 11.5 Å². The Morgan fingerprint density at radius 2 is 2.12 bits per heavy atom. The second-order valence-electron chi connectivity index (χ2n) is 5.65. The Kier molecular flexibility index (Phi) is 4.02. The number of hydrogen-bond donors (Lipinski definition) is 1. The van der Waals surface area contributed by atoms with Gasteiger partial charge in [0.2, 0.25) is 0 Å². The van der Waals surface area contributed by atoms with Crippen molar-refractivity contribution in [1.29, 1.82) is 0 Å². The molecule has 0 atom stereocenters. The largest absolute Gasteiger partial charge is 0.298 e. The maximum atomic E-state index is 12.6. The summed E-state index contributed by atoms with van der Waals surface area (Å²) in [5.41, 5.74) is 2.51. The summed E-state index contributed by atoms with van der Waals surface area (Å²) in [6.07, 6.45) is 6.33. The Morgan fingerprint density at radius 3 is 2.92 bits per heavy atom. The lowest BCUT2D eigenvalue weighted by Gasteiger charge is -2.05. The van der Waals surface area contributed by atoms with Crippen molar-refractivity contribution in [3.63, 3.8) is 0 Å². The van der Waals surface area contributed by atoms with Crippen LogP contribution in [0.4, 0.5) is 5.13 Å². The minimum absolute atomic E-state index is 0.0359. The average Bonchev–Trinajstić information content (AvgIpc) is 3.11. The molecule has 1 N–H and O–H groups in total. The maximum absolute atomic E-state index is 12.6. The summed E-state index contributed by atoms with van der Waals surface area (Å²) in [5.74, 6) is -0.537. The highest BCUT2D eigenvalue weighted by molar-refractivity contribution is 7.14. The van der Waals surface area contributed by atoms with Crippen LogP contribution in [0.1, 0.15) is 15.9 Å². The number of anilines is 1. The van der Waals surface area contributed by atoms with Crippen LogP contribution in [-0.2, 0) is 0 Å². The van der Waals surface area contributed by atoms with Crippen LogP contribution in [-0.4, -0.2) is 25.3 Å². The van der Waals surface area contributed by atoms with Crippen LogP contribution in [0, 0.1) is 6.92 Å². The van der Waals surface area contributed by atoms with Crippen molar-refractivity contribution in [2.45, 2.75) is 6.92 Å². The van der Waals surface area contributed by atoms with E-state index in [1.165, 1.54) is 21.9 Å². The zero-order valence-corrected chi connectivity index (χ0v) is 14.5. The summed E-state index contributed by atoms with van der Waals surface area (Å²) in [4.78, 5) is 37.7. The molecular weight excluding hydrogens is 350 g/mol. The third-order valence-corrected chi connectivity index (χ3v) is 4.53. The lowest BCUT2D eigenvalue weighted by atomic mass is 10.2. The molecule has 0 aliphatic carbocycles. The third kappa shape index (κ3) is 2.98. The molecule has 0 aliphatic rings. The van der Waals surface area contributed by atoms with Gasteiger partial charge in [-0.1, -0.05) is 6.07 Å². The van der Waals surface area contributed by atoms with Crippen LogP contribution < -0.4 is 10.9 Å². The lowest BCUT2D eigenvalue weighted by molar-refractivity contribution is 0.102. The molecule has 128 valence electrons. The molecule has 0 aromatic carbocycles. The quantitative estimate of drug-likeness (QED) is 0.604. The monoisotopic (exact) mass is 363 g/mol. The van der Waals surface area contributed by atoms with E-state index in [0.29, 0.717) is 16.5 Å². The number of hydrogen-bond acceptors (Lipinski definition) is 6. The van der Waals surface area contributed by atoms with Gasteiger partial charge < -0.3 is 0 Å². The molecule has 0 radical (unpaired) electrons. The Hall–Kier alpha value is -3.39. The molecule has 0 saturated heterocycles. The van der Waals surface area contributed by atoms with Crippen molar-refractivity contribution < 1.29 is 4.79 Å². The highest BCUT2D eigenvalue weighted by Gasteiger charge is 2.15. The Bertz CT molecular complexity index is 1170. The fraction of sp³-hybridized carbons (Fsp3) is 0.0556. The Labute approximate surface area is 152 Å². The number of pyridine rings is 2. The van der Waals surface area contributed by atoms with Crippen molar-refractivity contribution in [2.75, 3.05) is 5.32 Å². The number of carbonyl (C=O) groups is 1. The van der Waals surface area contributed by atoms with Crippen molar-refractivity contribution >= 4 is 28.0 Å². The molecule has 1 amide bonds. The van der Waals surface area contributed by atoms with Crippen LogP contribution in [0.2, 0.25) is 0 Å². The van der Waals surface area contributed by atoms with Crippen LogP contribution in [0.15, 0.2) is 59.2 Å². The van der Waals surface area contributed by atoms with Gasteiger partial charge >= 0.3 is 0 Å². The van der Waals surface area contributed by atoms with E-state index >= 15 is 0 Å². The number of thiazole rings is 1. The van der Waals surface area contributed by atoms with Crippen LogP contribution in [0.3, 0.4) is 0 Å². The summed E-state index contributed by atoms with van der Waals surface area (Å²) in [5, 5.41) is 4.89. The van der Waals surface area contributed by atoms with Crippen LogP contribution in [0.5, 0.6) is 0 Å². The lowest BCUT2D eigenvalue weighted by Crippen LogP contribution is -2.26. The van der Waals surface area contributed by atoms with E-state index in [9.17, 15) is 9.59 Å². The van der Waals surface area contributed by atoms with Gasteiger partial charge in [-0.2, -0.15) is 0 Å². The molecule has 4 heterocycles. The molecule has 8 heteroatoms. The first-order valence-electron chi connectivity index (χ1n) is 7.77. The first-order valence-corrected chi connectivity index (χ1v) is 8.65. The molecular formula is C18H13N5O2S. The predicted molar refractivity (Wildman–Crippen MR) is 99.5 cm³/mol. The second-order valence-corrected chi connectivity index (χ2v) is 6.50. The van der Waals surface area contributed by atoms with Gasteiger partial charge in [-0.3, -0.25) is 24.3 Å². The van der Waals surface area contributed by atoms with Crippen molar-refractivity contribution in [3.05, 3.63) is 75.9 Å². The van der Waals surface area contributed by atoms with E-state index in [1.54, 1.807) is 24.7 Å². The number of nitrogens with one attached hydrogen (secondary N) is 1. The van der Waals surface area contributed by atoms with E-state index in [0.717, 1.165) is 11.1 Å². The number of aryl methyl sites for hydroxylation is 1. The molecule has 7 nitrogen and oxygen atoms in total.